The van der Waals surface area contributed by atoms with Crippen molar-refractivity contribution in [1.29, 1.82) is 0 Å². The van der Waals surface area contributed by atoms with Crippen molar-refractivity contribution in [2.75, 3.05) is 6.54 Å². The number of nitrogens with zero attached hydrogens (tertiary/aromatic N) is 1. The molecule has 1 aliphatic heterocycles. The van der Waals surface area contributed by atoms with Crippen molar-refractivity contribution >= 4 is 11.3 Å². The van der Waals surface area contributed by atoms with Gasteiger partial charge in [-0.2, -0.15) is 13.2 Å². The third-order valence-corrected chi connectivity index (χ3v) is 4.89. The molecule has 1 saturated heterocycles. The monoisotopic (exact) mass is 292 g/mol. The minimum atomic E-state index is -4.33. The molecule has 2 rings (SSSR count). The quantitative estimate of drug-likeness (QED) is 0.897. The normalized spacial score (nSPS) is 25.3. The van der Waals surface area contributed by atoms with Crippen molar-refractivity contribution in [1.82, 2.24) is 10.3 Å². The van der Waals surface area contributed by atoms with Crippen molar-refractivity contribution in [3.8, 4) is 0 Å². The van der Waals surface area contributed by atoms with Gasteiger partial charge in [-0.15, -0.1) is 11.3 Å². The summed E-state index contributed by atoms with van der Waals surface area (Å²) in [5.41, 5.74) is -0.299. The van der Waals surface area contributed by atoms with Crippen LogP contribution in [0.5, 0.6) is 0 Å². The van der Waals surface area contributed by atoms with Gasteiger partial charge in [0.05, 0.1) is 5.54 Å². The summed E-state index contributed by atoms with van der Waals surface area (Å²) in [6.45, 7) is 2.94. The highest BCUT2D eigenvalue weighted by Gasteiger charge is 2.39. The number of hydrogen-bond donors (Lipinski definition) is 1. The lowest BCUT2D eigenvalue weighted by atomic mass is 9.87. The van der Waals surface area contributed by atoms with E-state index >= 15 is 0 Å². The Labute approximate surface area is 115 Å². The Kier molecular flexibility index (Phi) is 4.50. The number of thiazole rings is 1. The molecule has 0 spiro atoms. The molecule has 6 heteroatoms. The zero-order valence-electron chi connectivity index (χ0n) is 11.0. The first-order valence-electron chi connectivity index (χ1n) is 6.76. The molecule has 1 fully saturated rings. The molecular formula is C13H19F3N2S. The summed E-state index contributed by atoms with van der Waals surface area (Å²) in [5.74, 6) is 0. The van der Waals surface area contributed by atoms with Gasteiger partial charge < -0.3 is 5.32 Å². The van der Waals surface area contributed by atoms with Crippen LogP contribution in [0.15, 0.2) is 6.20 Å². The number of aromatic nitrogens is 1. The van der Waals surface area contributed by atoms with Crippen LogP contribution < -0.4 is 5.32 Å². The van der Waals surface area contributed by atoms with E-state index in [0.29, 0.717) is 0 Å². The van der Waals surface area contributed by atoms with Gasteiger partial charge in [0.2, 0.25) is 0 Å². The molecule has 1 aromatic heterocycles. The Morgan fingerprint density at radius 3 is 2.79 bits per heavy atom. The number of halogens is 3. The van der Waals surface area contributed by atoms with Crippen LogP contribution in [0.1, 0.15) is 55.3 Å². The highest BCUT2D eigenvalue weighted by atomic mass is 32.1. The van der Waals surface area contributed by atoms with Gasteiger partial charge in [0.1, 0.15) is 0 Å². The van der Waals surface area contributed by atoms with Gasteiger partial charge in [-0.3, -0.25) is 0 Å². The molecule has 2 heterocycles. The van der Waals surface area contributed by atoms with E-state index in [1.807, 2.05) is 0 Å². The predicted octanol–water partition coefficient (Wildman–Crippen LogP) is 4.32. The summed E-state index contributed by atoms with van der Waals surface area (Å²) in [6.07, 6.45) is 3.10. The van der Waals surface area contributed by atoms with Crippen molar-refractivity contribution in [2.24, 2.45) is 0 Å². The molecule has 1 atom stereocenters. The average Bonchev–Trinajstić information content (AvgIpc) is 2.73. The number of rotatable bonds is 3. The summed E-state index contributed by atoms with van der Waals surface area (Å²) in [4.78, 5) is 4.31. The smallest absolute Gasteiger partial charge is 0.307 e. The van der Waals surface area contributed by atoms with Crippen molar-refractivity contribution < 1.29 is 13.2 Å². The van der Waals surface area contributed by atoms with E-state index in [2.05, 4.69) is 17.2 Å². The maximum atomic E-state index is 12.7. The van der Waals surface area contributed by atoms with Crippen molar-refractivity contribution in [3.63, 3.8) is 0 Å². The van der Waals surface area contributed by atoms with Crippen LogP contribution in [0.25, 0.3) is 0 Å². The van der Waals surface area contributed by atoms with Crippen LogP contribution in [0, 0.1) is 0 Å². The van der Waals surface area contributed by atoms with Crippen LogP contribution in [0.3, 0.4) is 0 Å². The first-order valence-corrected chi connectivity index (χ1v) is 7.58. The van der Waals surface area contributed by atoms with E-state index < -0.39 is 11.2 Å². The Hall–Kier alpha value is -0.620. The summed E-state index contributed by atoms with van der Waals surface area (Å²) in [6, 6.07) is 0. The van der Waals surface area contributed by atoms with Crippen molar-refractivity contribution in [3.05, 3.63) is 16.1 Å². The van der Waals surface area contributed by atoms with E-state index in [0.717, 1.165) is 61.3 Å². The molecule has 0 amide bonds. The Balaban J connectivity index is 2.30. The Morgan fingerprint density at radius 2 is 2.16 bits per heavy atom. The lowest BCUT2D eigenvalue weighted by molar-refractivity contribution is -0.137. The molecule has 1 unspecified atom stereocenters. The van der Waals surface area contributed by atoms with E-state index in [-0.39, 0.29) is 5.54 Å². The van der Waals surface area contributed by atoms with E-state index in [1.165, 1.54) is 6.20 Å². The second-order valence-corrected chi connectivity index (χ2v) is 6.13. The zero-order chi connectivity index (χ0) is 13.9. The van der Waals surface area contributed by atoms with Gasteiger partial charge in [-0.1, -0.05) is 26.2 Å². The molecule has 0 aromatic carbocycles. The highest BCUT2D eigenvalue weighted by Crippen LogP contribution is 2.40. The van der Waals surface area contributed by atoms with Gasteiger partial charge in [-0.05, 0) is 25.8 Å². The standard InChI is InChI=1S/C13H19F3N2S/c1-2-6-12(7-4-3-5-8-18-12)10-9-17-11(19-10)13(14,15)16/h9,18H,2-8H2,1H3. The summed E-state index contributed by atoms with van der Waals surface area (Å²) in [7, 11) is 0. The molecule has 0 bridgehead atoms. The first kappa shape index (κ1) is 14.8. The van der Waals surface area contributed by atoms with Crippen LogP contribution in [0.4, 0.5) is 13.2 Å². The number of nitrogens with one attached hydrogen (secondary N) is 1. The Morgan fingerprint density at radius 1 is 1.37 bits per heavy atom. The summed E-state index contributed by atoms with van der Waals surface area (Å²) < 4.78 is 38.1. The van der Waals surface area contributed by atoms with Gasteiger partial charge in [0, 0.05) is 11.1 Å². The van der Waals surface area contributed by atoms with Crippen molar-refractivity contribution in [2.45, 2.75) is 57.2 Å². The second-order valence-electron chi connectivity index (χ2n) is 5.10. The largest absolute Gasteiger partial charge is 0.443 e. The summed E-state index contributed by atoms with van der Waals surface area (Å²) in [5, 5.41) is 2.75. The molecule has 0 saturated carbocycles. The third kappa shape index (κ3) is 3.28. The lowest BCUT2D eigenvalue weighted by Crippen LogP contribution is -2.41. The van der Waals surface area contributed by atoms with Gasteiger partial charge in [0.15, 0.2) is 5.01 Å². The fourth-order valence-electron chi connectivity index (χ4n) is 2.74. The summed E-state index contributed by atoms with van der Waals surface area (Å²) >= 11 is 0.796. The number of hydrogen-bond acceptors (Lipinski definition) is 3. The van der Waals surface area contributed by atoms with Crippen LogP contribution in [-0.2, 0) is 11.7 Å². The van der Waals surface area contributed by atoms with Crippen LogP contribution >= 0.6 is 11.3 Å². The topological polar surface area (TPSA) is 24.9 Å². The van der Waals surface area contributed by atoms with Gasteiger partial charge in [-0.25, -0.2) is 4.98 Å². The first-order chi connectivity index (χ1) is 8.98. The second kappa shape index (κ2) is 5.79. The van der Waals surface area contributed by atoms with Crippen LogP contribution in [-0.4, -0.2) is 11.5 Å². The van der Waals surface area contributed by atoms with Gasteiger partial charge >= 0.3 is 6.18 Å². The minimum absolute atomic E-state index is 0.299. The highest BCUT2D eigenvalue weighted by molar-refractivity contribution is 7.11. The molecule has 0 aliphatic carbocycles. The van der Waals surface area contributed by atoms with E-state index in [4.69, 9.17) is 0 Å². The fourth-order valence-corrected chi connectivity index (χ4v) is 3.75. The van der Waals surface area contributed by atoms with E-state index in [9.17, 15) is 13.2 Å². The molecule has 19 heavy (non-hydrogen) atoms. The fraction of sp³-hybridized carbons (Fsp3) is 0.769. The third-order valence-electron chi connectivity index (χ3n) is 3.64. The minimum Gasteiger partial charge on any atom is -0.307 e. The van der Waals surface area contributed by atoms with E-state index in [1.54, 1.807) is 0 Å². The molecule has 1 N–H and O–H groups in total. The van der Waals surface area contributed by atoms with Crippen LogP contribution in [0.2, 0.25) is 0 Å². The molecule has 108 valence electrons. The lowest BCUT2D eigenvalue weighted by Gasteiger charge is -2.32. The average molecular weight is 292 g/mol. The molecular weight excluding hydrogens is 273 g/mol. The number of alkyl halides is 3. The predicted molar refractivity (Wildman–Crippen MR) is 70.2 cm³/mol. The molecule has 1 aromatic rings. The molecule has 2 nitrogen and oxygen atoms in total. The zero-order valence-corrected chi connectivity index (χ0v) is 11.8. The molecule has 1 aliphatic rings. The maximum Gasteiger partial charge on any atom is 0.443 e. The van der Waals surface area contributed by atoms with Gasteiger partial charge in [0.25, 0.3) is 0 Å². The Bertz CT molecular complexity index is 406. The SMILES string of the molecule is CCCC1(c2cnc(C(F)(F)F)s2)CCCCCN1. The maximum absolute atomic E-state index is 12.7. The molecule has 0 radical (unpaired) electrons.